The first-order valence-corrected chi connectivity index (χ1v) is 10.8. The van der Waals surface area contributed by atoms with E-state index < -0.39 is 5.92 Å². The first kappa shape index (κ1) is 20.8. The lowest BCUT2D eigenvalue weighted by molar-refractivity contribution is -0.0120. The SMILES string of the molecule is CCCCCn1c(N2CCCC(F)(F)C2)cc(=O)n2cc(-c3ccc(Cl)cc3)nc12. The van der Waals surface area contributed by atoms with Crippen LogP contribution in [0.1, 0.15) is 39.0 Å². The summed E-state index contributed by atoms with van der Waals surface area (Å²) in [6.07, 6.45) is 4.92. The summed E-state index contributed by atoms with van der Waals surface area (Å²) in [7, 11) is 0. The lowest BCUT2D eigenvalue weighted by Crippen LogP contribution is -2.44. The van der Waals surface area contributed by atoms with Gasteiger partial charge in [-0.2, -0.15) is 0 Å². The van der Waals surface area contributed by atoms with Gasteiger partial charge in [-0.15, -0.1) is 0 Å². The van der Waals surface area contributed by atoms with Crippen LogP contribution in [0.25, 0.3) is 17.0 Å². The van der Waals surface area contributed by atoms with Crippen molar-refractivity contribution in [2.45, 2.75) is 51.5 Å². The van der Waals surface area contributed by atoms with Crippen LogP contribution in [0.5, 0.6) is 0 Å². The van der Waals surface area contributed by atoms with E-state index in [1.54, 1.807) is 23.2 Å². The number of nitrogens with zero attached hydrogens (tertiary/aromatic N) is 4. The molecule has 0 aliphatic carbocycles. The largest absolute Gasteiger partial charge is 0.352 e. The molecular formula is C22H25ClF2N4O. The molecule has 0 bridgehead atoms. The van der Waals surface area contributed by atoms with E-state index in [1.165, 1.54) is 10.5 Å². The maximum Gasteiger partial charge on any atom is 0.265 e. The highest BCUT2D eigenvalue weighted by molar-refractivity contribution is 6.30. The van der Waals surface area contributed by atoms with Crippen LogP contribution in [0.4, 0.5) is 14.6 Å². The van der Waals surface area contributed by atoms with Crippen molar-refractivity contribution >= 4 is 23.2 Å². The van der Waals surface area contributed by atoms with Crippen LogP contribution in [0.3, 0.4) is 0 Å². The van der Waals surface area contributed by atoms with Gasteiger partial charge in [-0.25, -0.2) is 13.8 Å². The van der Waals surface area contributed by atoms with Crippen LogP contribution in [0.15, 0.2) is 41.3 Å². The maximum atomic E-state index is 14.1. The molecule has 30 heavy (non-hydrogen) atoms. The molecule has 3 heterocycles. The second-order valence-electron chi connectivity index (χ2n) is 7.88. The second-order valence-corrected chi connectivity index (χ2v) is 8.32. The third-order valence-corrected chi connectivity index (χ3v) is 5.79. The number of unbranched alkanes of at least 4 members (excludes halogenated alkanes) is 2. The van der Waals surface area contributed by atoms with Crippen molar-refractivity contribution in [2.75, 3.05) is 18.0 Å². The Morgan fingerprint density at radius 2 is 1.97 bits per heavy atom. The standard InChI is InChI=1S/C22H25ClF2N4O/c1-2-3-4-12-28-19(27-11-5-10-22(24,25)15-27)13-20(30)29-14-18(26-21(28)29)16-6-8-17(23)9-7-16/h6-9,13-14H,2-5,10-12,15H2,1H3. The topological polar surface area (TPSA) is 42.5 Å². The van der Waals surface area contributed by atoms with Crippen molar-refractivity contribution in [3.8, 4) is 11.3 Å². The van der Waals surface area contributed by atoms with Crippen LogP contribution in [-0.2, 0) is 6.54 Å². The number of hydrogen-bond donors (Lipinski definition) is 0. The van der Waals surface area contributed by atoms with Crippen molar-refractivity contribution in [1.82, 2.24) is 14.0 Å². The van der Waals surface area contributed by atoms with E-state index in [9.17, 15) is 13.6 Å². The van der Waals surface area contributed by atoms with Crippen LogP contribution in [-0.4, -0.2) is 33.0 Å². The fourth-order valence-electron chi connectivity index (χ4n) is 4.00. The minimum absolute atomic E-state index is 0.115. The lowest BCUT2D eigenvalue weighted by atomic mass is 10.1. The summed E-state index contributed by atoms with van der Waals surface area (Å²) in [5, 5.41) is 0.620. The number of imidazole rings is 1. The zero-order valence-electron chi connectivity index (χ0n) is 17.0. The molecule has 2 aromatic heterocycles. The number of fused-ring (bicyclic) bond motifs is 1. The molecule has 0 radical (unpaired) electrons. The van der Waals surface area contributed by atoms with E-state index in [2.05, 4.69) is 6.92 Å². The van der Waals surface area contributed by atoms with E-state index in [4.69, 9.17) is 16.6 Å². The summed E-state index contributed by atoms with van der Waals surface area (Å²) >= 11 is 5.98. The first-order valence-electron chi connectivity index (χ1n) is 10.4. The van der Waals surface area contributed by atoms with E-state index in [0.717, 1.165) is 24.8 Å². The summed E-state index contributed by atoms with van der Waals surface area (Å²) in [5.41, 5.74) is 1.22. The number of aromatic nitrogens is 3. The minimum Gasteiger partial charge on any atom is -0.352 e. The van der Waals surface area contributed by atoms with E-state index in [0.29, 0.717) is 41.8 Å². The molecule has 5 nitrogen and oxygen atoms in total. The molecule has 1 fully saturated rings. The number of piperidine rings is 1. The number of rotatable bonds is 6. The van der Waals surface area contributed by atoms with E-state index >= 15 is 0 Å². The lowest BCUT2D eigenvalue weighted by Gasteiger charge is -2.35. The summed E-state index contributed by atoms with van der Waals surface area (Å²) < 4.78 is 31.6. The van der Waals surface area contributed by atoms with E-state index in [1.807, 2.05) is 16.7 Å². The highest BCUT2D eigenvalue weighted by Crippen LogP contribution is 2.31. The van der Waals surface area contributed by atoms with Gasteiger partial charge in [-0.05, 0) is 25.0 Å². The maximum absolute atomic E-state index is 14.1. The fraction of sp³-hybridized carbons (Fsp3) is 0.455. The van der Waals surface area contributed by atoms with Crippen LogP contribution < -0.4 is 10.5 Å². The summed E-state index contributed by atoms with van der Waals surface area (Å²) in [6, 6.07) is 8.71. The molecule has 1 aliphatic heterocycles. The molecule has 1 saturated heterocycles. The number of halogens is 3. The molecule has 0 N–H and O–H groups in total. The number of hydrogen-bond acceptors (Lipinski definition) is 3. The van der Waals surface area contributed by atoms with Gasteiger partial charge in [-0.1, -0.05) is 43.5 Å². The van der Waals surface area contributed by atoms with Gasteiger partial charge in [0.1, 0.15) is 5.82 Å². The van der Waals surface area contributed by atoms with Crippen LogP contribution in [0, 0.1) is 0 Å². The minimum atomic E-state index is -2.75. The van der Waals surface area contributed by atoms with Crippen LogP contribution >= 0.6 is 11.6 Å². The number of alkyl halides is 2. The Balaban J connectivity index is 1.83. The molecule has 1 aromatic carbocycles. The predicted octanol–water partition coefficient (Wildman–Crippen LogP) is 5.24. The zero-order valence-corrected chi connectivity index (χ0v) is 17.7. The third-order valence-electron chi connectivity index (χ3n) is 5.54. The Bertz CT molecular complexity index is 1090. The van der Waals surface area contributed by atoms with Crippen molar-refractivity contribution in [3.05, 3.63) is 51.9 Å². The Morgan fingerprint density at radius 1 is 1.20 bits per heavy atom. The van der Waals surface area contributed by atoms with Gasteiger partial charge in [0.2, 0.25) is 5.78 Å². The quantitative estimate of drug-likeness (QED) is 0.498. The number of aryl methyl sites for hydroxylation is 1. The monoisotopic (exact) mass is 434 g/mol. The third kappa shape index (κ3) is 4.21. The average Bonchev–Trinajstić information content (AvgIpc) is 3.15. The molecule has 4 rings (SSSR count). The van der Waals surface area contributed by atoms with Crippen LogP contribution in [0.2, 0.25) is 5.02 Å². The fourth-order valence-corrected chi connectivity index (χ4v) is 4.13. The highest BCUT2D eigenvalue weighted by atomic mass is 35.5. The first-order chi connectivity index (χ1) is 14.4. The highest BCUT2D eigenvalue weighted by Gasteiger charge is 2.36. The Morgan fingerprint density at radius 3 is 2.67 bits per heavy atom. The van der Waals surface area contributed by atoms with Crippen molar-refractivity contribution in [3.63, 3.8) is 0 Å². The summed E-state index contributed by atoms with van der Waals surface area (Å²) in [4.78, 5) is 19.2. The zero-order chi connectivity index (χ0) is 21.3. The smallest absolute Gasteiger partial charge is 0.265 e. The number of benzene rings is 1. The van der Waals surface area contributed by atoms with Gasteiger partial charge < -0.3 is 4.90 Å². The van der Waals surface area contributed by atoms with Gasteiger partial charge in [0.05, 0.1) is 12.2 Å². The predicted molar refractivity (Wildman–Crippen MR) is 116 cm³/mol. The molecular weight excluding hydrogens is 410 g/mol. The van der Waals surface area contributed by atoms with E-state index in [-0.39, 0.29) is 18.5 Å². The Kier molecular flexibility index (Phi) is 5.82. The second kappa shape index (κ2) is 8.38. The van der Waals surface area contributed by atoms with Gasteiger partial charge in [-0.3, -0.25) is 13.8 Å². The number of anilines is 1. The molecule has 160 valence electrons. The molecule has 0 amide bonds. The normalized spacial score (nSPS) is 16.3. The Hall–Kier alpha value is -2.41. The van der Waals surface area contributed by atoms with Crippen molar-refractivity contribution in [2.24, 2.45) is 0 Å². The molecule has 1 aliphatic rings. The van der Waals surface area contributed by atoms with Gasteiger partial charge >= 0.3 is 0 Å². The Labute approximate surface area is 178 Å². The molecule has 3 aromatic rings. The van der Waals surface area contributed by atoms with Gasteiger partial charge in [0.25, 0.3) is 11.5 Å². The van der Waals surface area contributed by atoms with Gasteiger partial charge in [0, 0.05) is 42.4 Å². The molecule has 0 atom stereocenters. The molecule has 8 heteroatoms. The van der Waals surface area contributed by atoms with Gasteiger partial charge in [0.15, 0.2) is 0 Å². The molecule has 0 spiro atoms. The molecule has 0 saturated carbocycles. The van der Waals surface area contributed by atoms with Crippen molar-refractivity contribution < 1.29 is 8.78 Å². The average molecular weight is 435 g/mol. The molecule has 0 unspecified atom stereocenters. The summed E-state index contributed by atoms with van der Waals surface area (Å²) in [6.45, 7) is 2.86. The summed E-state index contributed by atoms with van der Waals surface area (Å²) in [5.74, 6) is -1.75. The van der Waals surface area contributed by atoms with Crippen molar-refractivity contribution in [1.29, 1.82) is 0 Å².